The van der Waals surface area contributed by atoms with Crippen molar-refractivity contribution in [3.05, 3.63) is 41.5 Å². The second-order valence-electron chi connectivity index (χ2n) is 5.78. The minimum Gasteiger partial charge on any atom is -0.272 e. The average Bonchev–Trinajstić information content (AvgIpc) is 2.44. The van der Waals surface area contributed by atoms with E-state index in [9.17, 15) is 13.2 Å². The molecule has 0 spiro atoms. The molecule has 0 saturated carbocycles. The summed E-state index contributed by atoms with van der Waals surface area (Å²) < 4.78 is 29.4. The smallest absolute Gasteiger partial charge is 0.272 e. The van der Waals surface area contributed by atoms with Gasteiger partial charge in [0.1, 0.15) is 0 Å². The van der Waals surface area contributed by atoms with Crippen molar-refractivity contribution >= 4 is 16.0 Å². The lowest BCUT2D eigenvalue weighted by Crippen LogP contribution is -2.53. The normalized spacial score (nSPS) is 18.0. The van der Waals surface area contributed by atoms with E-state index in [1.165, 1.54) is 17.7 Å². The van der Waals surface area contributed by atoms with Crippen molar-refractivity contribution in [1.82, 2.24) is 5.06 Å². The van der Waals surface area contributed by atoms with Crippen LogP contribution in [0, 0.1) is 6.92 Å². The minimum atomic E-state index is -3.95. The van der Waals surface area contributed by atoms with Crippen molar-refractivity contribution in [2.24, 2.45) is 0 Å². The molecule has 0 N–H and O–H groups in total. The van der Waals surface area contributed by atoms with Crippen LogP contribution in [-0.2, 0) is 19.2 Å². The highest BCUT2D eigenvalue weighted by atomic mass is 32.2. The Morgan fingerprint density at radius 2 is 1.95 bits per heavy atom. The van der Waals surface area contributed by atoms with Gasteiger partial charge in [-0.05, 0) is 45.7 Å². The van der Waals surface area contributed by atoms with E-state index >= 15 is 0 Å². The van der Waals surface area contributed by atoms with Gasteiger partial charge in [0.15, 0.2) is 0 Å². The van der Waals surface area contributed by atoms with Crippen LogP contribution < -0.4 is 0 Å². The molecule has 5 nitrogen and oxygen atoms in total. The highest BCUT2D eigenvalue weighted by Gasteiger charge is 2.40. The Balaban J connectivity index is 2.03. The first-order chi connectivity index (χ1) is 10.3. The largest absolute Gasteiger partial charge is 0.317 e. The van der Waals surface area contributed by atoms with Gasteiger partial charge >= 0.3 is 10.1 Å². The summed E-state index contributed by atoms with van der Waals surface area (Å²) in [4.78, 5) is 11.7. The Kier molecular flexibility index (Phi) is 5.03. The van der Waals surface area contributed by atoms with Crippen LogP contribution in [0.4, 0.5) is 0 Å². The van der Waals surface area contributed by atoms with Crippen LogP contribution in [0.5, 0.6) is 0 Å². The number of aryl methyl sites for hydroxylation is 1. The molecule has 0 radical (unpaired) electrons. The van der Waals surface area contributed by atoms with Crippen LogP contribution in [0.25, 0.3) is 0 Å². The number of allylic oxidation sites excluding steroid dienone is 2. The number of carbonyl (C=O) groups excluding carboxylic acids is 1. The van der Waals surface area contributed by atoms with Crippen molar-refractivity contribution in [3.63, 3.8) is 0 Å². The Labute approximate surface area is 131 Å². The monoisotopic (exact) mass is 323 g/mol. The van der Waals surface area contributed by atoms with E-state index in [1.807, 2.05) is 20.8 Å². The van der Waals surface area contributed by atoms with E-state index in [-0.39, 0.29) is 16.8 Å². The Bertz CT molecular complexity index is 673. The molecule has 0 bridgehead atoms. The maximum atomic E-state index is 12.2. The highest BCUT2D eigenvalue weighted by Crippen LogP contribution is 2.27. The molecule has 1 saturated heterocycles. The molecule has 0 aromatic heterocycles. The van der Waals surface area contributed by atoms with Crippen molar-refractivity contribution in [2.45, 2.75) is 51.0 Å². The van der Waals surface area contributed by atoms with Gasteiger partial charge in [-0.1, -0.05) is 29.3 Å². The molecule has 1 aliphatic heterocycles. The molecule has 6 heteroatoms. The minimum absolute atomic E-state index is 0.0563. The SMILES string of the molecule is CC(C)=CCC[C@@H]1CC(=O)N1OS(=O)(=O)c1ccc(C)cc1. The standard InChI is InChI=1S/C16H21NO4S/c1-12(2)5-4-6-14-11-16(18)17(14)21-22(19,20)15-9-7-13(3)8-10-15/h5,7-10,14H,4,6,11H2,1-3H3/t14-/m1/s1. The fourth-order valence-electron chi connectivity index (χ4n) is 2.21. The number of nitrogens with zero attached hydrogens (tertiary/aromatic N) is 1. The number of hydrogen-bond donors (Lipinski definition) is 0. The third-order valence-corrected chi connectivity index (χ3v) is 4.73. The number of benzene rings is 1. The first kappa shape index (κ1) is 16.7. The van der Waals surface area contributed by atoms with Crippen LogP contribution in [0.3, 0.4) is 0 Å². The molecule has 1 atom stereocenters. The van der Waals surface area contributed by atoms with E-state index in [2.05, 4.69) is 6.08 Å². The van der Waals surface area contributed by atoms with Gasteiger partial charge in [-0.3, -0.25) is 4.79 Å². The predicted octanol–water partition coefficient (Wildman–Crippen LogP) is 2.96. The lowest BCUT2D eigenvalue weighted by Gasteiger charge is -2.37. The first-order valence-corrected chi connectivity index (χ1v) is 8.67. The van der Waals surface area contributed by atoms with Crippen molar-refractivity contribution < 1.29 is 17.5 Å². The summed E-state index contributed by atoms with van der Waals surface area (Å²) in [5.74, 6) is -0.294. The zero-order chi connectivity index (χ0) is 16.3. The number of rotatable bonds is 6. The summed E-state index contributed by atoms with van der Waals surface area (Å²) in [6.07, 6.45) is 3.89. The maximum Gasteiger partial charge on any atom is 0.317 e. The molecule has 1 fully saturated rings. The summed E-state index contributed by atoms with van der Waals surface area (Å²) in [6, 6.07) is 6.17. The molecule has 0 aliphatic carbocycles. The number of β-lactam (4-membered cyclic amide) rings is 1. The molecule has 22 heavy (non-hydrogen) atoms. The van der Waals surface area contributed by atoms with Crippen LogP contribution in [0.15, 0.2) is 40.8 Å². The average molecular weight is 323 g/mol. The van der Waals surface area contributed by atoms with E-state index in [0.717, 1.165) is 17.0 Å². The van der Waals surface area contributed by atoms with Crippen molar-refractivity contribution in [3.8, 4) is 0 Å². The summed E-state index contributed by atoms with van der Waals surface area (Å²) in [5.41, 5.74) is 2.16. The molecular formula is C16H21NO4S. The molecule has 1 aliphatic rings. The summed E-state index contributed by atoms with van der Waals surface area (Å²) in [5, 5.41) is 0.994. The number of hydroxylamine groups is 2. The molecule has 1 aromatic rings. The maximum absolute atomic E-state index is 12.2. The third kappa shape index (κ3) is 3.96. The molecule has 120 valence electrons. The lowest BCUT2D eigenvalue weighted by molar-refractivity contribution is -0.189. The van der Waals surface area contributed by atoms with Crippen LogP contribution >= 0.6 is 0 Å². The van der Waals surface area contributed by atoms with Crippen molar-refractivity contribution in [2.75, 3.05) is 0 Å². The van der Waals surface area contributed by atoms with Gasteiger partial charge in [0, 0.05) is 0 Å². The lowest BCUT2D eigenvalue weighted by atomic mass is 9.99. The summed E-state index contributed by atoms with van der Waals surface area (Å²) in [6.45, 7) is 5.87. The Hall–Kier alpha value is -1.66. The van der Waals surface area contributed by atoms with Gasteiger partial charge in [-0.2, -0.15) is 13.5 Å². The third-order valence-electron chi connectivity index (χ3n) is 3.53. The number of hydrogen-bond acceptors (Lipinski definition) is 4. The van der Waals surface area contributed by atoms with Crippen LogP contribution in [0.1, 0.15) is 38.7 Å². The molecular weight excluding hydrogens is 302 g/mol. The second-order valence-corrected chi connectivity index (χ2v) is 7.31. The number of amides is 1. The van der Waals surface area contributed by atoms with Gasteiger partial charge in [0.25, 0.3) is 0 Å². The molecule has 1 aromatic carbocycles. The van der Waals surface area contributed by atoms with Crippen LogP contribution in [0.2, 0.25) is 0 Å². The molecule has 0 unspecified atom stereocenters. The van der Waals surface area contributed by atoms with E-state index in [1.54, 1.807) is 12.1 Å². The first-order valence-electron chi connectivity index (χ1n) is 7.26. The Morgan fingerprint density at radius 1 is 1.32 bits per heavy atom. The topological polar surface area (TPSA) is 63.7 Å². The fraction of sp³-hybridized carbons (Fsp3) is 0.438. The molecule has 1 heterocycles. The summed E-state index contributed by atoms with van der Waals surface area (Å²) in [7, 11) is -3.95. The molecule has 1 amide bonds. The summed E-state index contributed by atoms with van der Waals surface area (Å²) >= 11 is 0. The predicted molar refractivity (Wildman–Crippen MR) is 83.4 cm³/mol. The fourth-order valence-corrected chi connectivity index (χ4v) is 3.18. The van der Waals surface area contributed by atoms with Crippen LogP contribution in [-0.4, -0.2) is 25.4 Å². The van der Waals surface area contributed by atoms with E-state index < -0.39 is 10.1 Å². The number of carbonyl (C=O) groups is 1. The van der Waals surface area contributed by atoms with Gasteiger partial charge in [0.05, 0.1) is 17.4 Å². The van der Waals surface area contributed by atoms with E-state index in [0.29, 0.717) is 12.8 Å². The van der Waals surface area contributed by atoms with Gasteiger partial charge in [-0.25, -0.2) is 0 Å². The second kappa shape index (κ2) is 6.62. The van der Waals surface area contributed by atoms with E-state index in [4.69, 9.17) is 4.28 Å². The Morgan fingerprint density at radius 3 is 2.50 bits per heavy atom. The zero-order valence-electron chi connectivity index (χ0n) is 13.1. The highest BCUT2D eigenvalue weighted by molar-refractivity contribution is 7.86. The zero-order valence-corrected chi connectivity index (χ0v) is 13.9. The van der Waals surface area contributed by atoms with Gasteiger partial charge < -0.3 is 0 Å². The van der Waals surface area contributed by atoms with Gasteiger partial charge in [-0.15, -0.1) is 4.28 Å². The van der Waals surface area contributed by atoms with Gasteiger partial charge in [0.2, 0.25) is 5.91 Å². The van der Waals surface area contributed by atoms with Crippen molar-refractivity contribution in [1.29, 1.82) is 0 Å². The molecule has 2 rings (SSSR count). The quantitative estimate of drug-likeness (QED) is 0.596.